The zero-order chi connectivity index (χ0) is 15.3. The highest BCUT2D eigenvalue weighted by Gasteiger charge is 2.42. The third kappa shape index (κ3) is 3.93. The summed E-state index contributed by atoms with van der Waals surface area (Å²) < 4.78 is 0. The van der Waals surface area contributed by atoms with Crippen LogP contribution in [0.4, 0.5) is 17.8 Å². The van der Waals surface area contributed by atoms with Crippen molar-refractivity contribution in [2.45, 2.75) is 45.6 Å². The lowest BCUT2D eigenvalue weighted by Crippen LogP contribution is -2.29. The molecule has 1 aliphatic carbocycles. The SMILES string of the molecule is CCCNc1nc(NC2(CO)CC2)nc(N(CC)CC)n1. The summed E-state index contributed by atoms with van der Waals surface area (Å²) in [4.78, 5) is 15.5. The van der Waals surface area contributed by atoms with Crippen LogP contribution in [-0.2, 0) is 0 Å². The van der Waals surface area contributed by atoms with Gasteiger partial charge < -0.3 is 20.6 Å². The standard InChI is InChI=1S/C14H26N6O/c1-4-9-15-11-16-12(19-14(10-21)7-8-14)18-13(17-11)20(5-2)6-3/h21H,4-10H2,1-3H3,(H2,15,16,17,18,19). The van der Waals surface area contributed by atoms with E-state index < -0.39 is 0 Å². The molecule has 0 amide bonds. The van der Waals surface area contributed by atoms with E-state index in [1.807, 2.05) is 0 Å². The highest BCUT2D eigenvalue weighted by molar-refractivity contribution is 5.46. The number of aliphatic hydroxyl groups is 1. The fourth-order valence-corrected chi connectivity index (χ4v) is 2.10. The van der Waals surface area contributed by atoms with Gasteiger partial charge in [0.15, 0.2) is 0 Å². The fourth-order valence-electron chi connectivity index (χ4n) is 2.10. The van der Waals surface area contributed by atoms with Crippen LogP contribution in [0.2, 0.25) is 0 Å². The first-order valence-corrected chi connectivity index (χ1v) is 7.80. The van der Waals surface area contributed by atoms with Crippen molar-refractivity contribution in [3.05, 3.63) is 0 Å². The first-order valence-electron chi connectivity index (χ1n) is 7.80. The number of aromatic nitrogens is 3. The Kier molecular flexibility index (Phi) is 5.17. The van der Waals surface area contributed by atoms with Crippen LogP contribution < -0.4 is 15.5 Å². The third-order valence-corrected chi connectivity index (χ3v) is 3.74. The Hall–Kier alpha value is -1.63. The lowest BCUT2D eigenvalue weighted by molar-refractivity contribution is 0.265. The molecule has 1 heterocycles. The number of hydrogen-bond donors (Lipinski definition) is 3. The molecule has 1 fully saturated rings. The zero-order valence-electron chi connectivity index (χ0n) is 13.2. The quantitative estimate of drug-likeness (QED) is 0.636. The molecule has 0 unspecified atom stereocenters. The molecule has 118 valence electrons. The van der Waals surface area contributed by atoms with E-state index in [9.17, 15) is 5.11 Å². The lowest BCUT2D eigenvalue weighted by Gasteiger charge is -2.21. The van der Waals surface area contributed by atoms with Gasteiger partial charge >= 0.3 is 0 Å². The van der Waals surface area contributed by atoms with Gasteiger partial charge in [0.25, 0.3) is 0 Å². The maximum atomic E-state index is 9.44. The monoisotopic (exact) mass is 294 g/mol. The summed E-state index contributed by atoms with van der Waals surface area (Å²) >= 11 is 0. The number of rotatable bonds is 9. The van der Waals surface area contributed by atoms with Crippen molar-refractivity contribution in [1.82, 2.24) is 15.0 Å². The number of aliphatic hydroxyl groups excluding tert-OH is 1. The smallest absolute Gasteiger partial charge is 0.231 e. The van der Waals surface area contributed by atoms with Crippen molar-refractivity contribution >= 4 is 17.8 Å². The van der Waals surface area contributed by atoms with E-state index in [0.717, 1.165) is 38.9 Å². The molecule has 0 aliphatic heterocycles. The molecule has 1 saturated carbocycles. The Morgan fingerprint density at radius 3 is 2.29 bits per heavy atom. The minimum absolute atomic E-state index is 0.108. The molecule has 0 spiro atoms. The predicted octanol–water partition coefficient (Wildman–Crippen LogP) is 1.48. The van der Waals surface area contributed by atoms with Crippen molar-refractivity contribution in [3.8, 4) is 0 Å². The molecule has 1 aromatic rings. The van der Waals surface area contributed by atoms with Gasteiger partial charge in [-0.3, -0.25) is 0 Å². The molecule has 1 aliphatic rings. The number of anilines is 3. The summed E-state index contributed by atoms with van der Waals surface area (Å²) in [6.45, 7) is 8.88. The molecule has 0 bridgehead atoms. The average molecular weight is 294 g/mol. The van der Waals surface area contributed by atoms with Crippen molar-refractivity contribution in [3.63, 3.8) is 0 Å². The zero-order valence-corrected chi connectivity index (χ0v) is 13.2. The van der Waals surface area contributed by atoms with Crippen LogP contribution in [0.1, 0.15) is 40.0 Å². The van der Waals surface area contributed by atoms with Gasteiger partial charge in [-0.05, 0) is 33.1 Å². The summed E-state index contributed by atoms with van der Waals surface area (Å²) in [5.41, 5.74) is -0.232. The van der Waals surface area contributed by atoms with Crippen molar-refractivity contribution in [1.29, 1.82) is 0 Å². The molecule has 21 heavy (non-hydrogen) atoms. The maximum absolute atomic E-state index is 9.44. The maximum Gasteiger partial charge on any atom is 0.231 e. The van der Waals surface area contributed by atoms with Gasteiger partial charge in [-0.15, -0.1) is 0 Å². The summed E-state index contributed by atoms with van der Waals surface area (Å²) in [5, 5.41) is 15.9. The molecule has 0 radical (unpaired) electrons. The van der Waals surface area contributed by atoms with E-state index in [1.165, 1.54) is 0 Å². The van der Waals surface area contributed by atoms with Crippen LogP contribution >= 0.6 is 0 Å². The largest absolute Gasteiger partial charge is 0.394 e. The van der Waals surface area contributed by atoms with E-state index in [1.54, 1.807) is 0 Å². The van der Waals surface area contributed by atoms with Crippen LogP contribution in [-0.4, -0.2) is 51.8 Å². The fraction of sp³-hybridized carbons (Fsp3) is 0.786. The highest BCUT2D eigenvalue weighted by atomic mass is 16.3. The second-order valence-electron chi connectivity index (χ2n) is 5.45. The Balaban J connectivity index is 2.23. The Labute approximate surface area is 126 Å². The van der Waals surface area contributed by atoms with Gasteiger partial charge in [0.05, 0.1) is 12.1 Å². The number of nitrogens with zero attached hydrogens (tertiary/aromatic N) is 4. The van der Waals surface area contributed by atoms with Crippen LogP contribution in [0.5, 0.6) is 0 Å². The van der Waals surface area contributed by atoms with Crippen LogP contribution in [0.15, 0.2) is 0 Å². The molecule has 1 aromatic heterocycles. The van der Waals surface area contributed by atoms with Gasteiger partial charge in [0.1, 0.15) is 0 Å². The van der Waals surface area contributed by atoms with Gasteiger partial charge in [0, 0.05) is 19.6 Å². The Bertz CT molecular complexity index is 459. The summed E-state index contributed by atoms with van der Waals surface area (Å²) in [6, 6.07) is 0. The summed E-state index contributed by atoms with van der Waals surface area (Å²) in [5.74, 6) is 1.80. The van der Waals surface area contributed by atoms with E-state index in [2.05, 4.69) is 51.3 Å². The molecule has 2 rings (SSSR count). The molecule has 7 heteroatoms. The minimum Gasteiger partial charge on any atom is -0.394 e. The first kappa shape index (κ1) is 15.8. The normalized spacial score (nSPS) is 15.6. The molecular formula is C14H26N6O. The molecule has 0 atom stereocenters. The van der Waals surface area contributed by atoms with Gasteiger partial charge in [0.2, 0.25) is 17.8 Å². The highest BCUT2D eigenvalue weighted by Crippen LogP contribution is 2.37. The van der Waals surface area contributed by atoms with Crippen molar-refractivity contribution in [2.75, 3.05) is 41.8 Å². The van der Waals surface area contributed by atoms with E-state index in [0.29, 0.717) is 17.8 Å². The molecule has 3 N–H and O–H groups in total. The number of nitrogens with one attached hydrogen (secondary N) is 2. The third-order valence-electron chi connectivity index (χ3n) is 3.74. The second-order valence-corrected chi connectivity index (χ2v) is 5.45. The molecular weight excluding hydrogens is 268 g/mol. The average Bonchev–Trinajstić information content (AvgIpc) is 3.26. The van der Waals surface area contributed by atoms with Gasteiger partial charge in [-0.2, -0.15) is 15.0 Å². The number of hydrogen-bond acceptors (Lipinski definition) is 7. The van der Waals surface area contributed by atoms with Gasteiger partial charge in [-0.1, -0.05) is 6.92 Å². The molecule has 0 aromatic carbocycles. The summed E-state index contributed by atoms with van der Waals surface area (Å²) in [7, 11) is 0. The first-order chi connectivity index (χ1) is 10.2. The Morgan fingerprint density at radius 1 is 1.10 bits per heavy atom. The van der Waals surface area contributed by atoms with Crippen molar-refractivity contribution < 1.29 is 5.11 Å². The van der Waals surface area contributed by atoms with E-state index in [4.69, 9.17) is 0 Å². The van der Waals surface area contributed by atoms with Crippen LogP contribution in [0, 0.1) is 0 Å². The summed E-state index contributed by atoms with van der Waals surface area (Å²) in [6.07, 6.45) is 2.91. The van der Waals surface area contributed by atoms with E-state index >= 15 is 0 Å². The van der Waals surface area contributed by atoms with E-state index in [-0.39, 0.29) is 12.1 Å². The molecule has 7 nitrogen and oxygen atoms in total. The predicted molar refractivity (Wildman–Crippen MR) is 84.8 cm³/mol. The molecule has 0 saturated heterocycles. The second kappa shape index (κ2) is 6.89. The van der Waals surface area contributed by atoms with Crippen LogP contribution in [0.3, 0.4) is 0 Å². The minimum atomic E-state index is -0.232. The Morgan fingerprint density at radius 2 is 1.76 bits per heavy atom. The topological polar surface area (TPSA) is 86.2 Å². The lowest BCUT2D eigenvalue weighted by atomic mass is 10.3. The van der Waals surface area contributed by atoms with Crippen LogP contribution in [0.25, 0.3) is 0 Å². The van der Waals surface area contributed by atoms with Gasteiger partial charge in [-0.25, -0.2) is 0 Å². The van der Waals surface area contributed by atoms with Crippen molar-refractivity contribution in [2.24, 2.45) is 0 Å².